The van der Waals surface area contributed by atoms with E-state index in [0.717, 1.165) is 16.6 Å². The summed E-state index contributed by atoms with van der Waals surface area (Å²) in [6.45, 7) is 6.84. The highest BCUT2D eigenvalue weighted by Gasteiger charge is 2.13. The van der Waals surface area contributed by atoms with Gasteiger partial charge >= 0.3 is 5.97 Å². The van der Waals surface area contributed by atoms with Gasteiger partial charge in [-0.15, -0.1) is 0 Å². The normalized spacial score (nSPS) is 11.8. The Balaban J connectivity index is 2.10. The van der Waals surface area contributed by atoms with Crippen LogP contribution in [0.2, 0.25) is 0 Å². The minimum absolute atomic E-state index is 0.384. The summed E-state index contributed by atoms with van der Waals surface area (Å²) in [5.41, 5.74) is 1.71. The highest BCUT2D eigenvalue weighted by Crippen LogP contribution is 2.30. The number of halogens is 1. The molecular formula is C19H21BrO3. The van der Waals surface area contributed by atoms with Gasteiger partial charge in [0.25, 0.3) is 0 Å². The van der Waals surface area contributed by atoms with Gasteiger partial charge < -0.3 is 9.47 Å². The number of rotatable bonds is 6. The highest BCUT2D eigenvalue weighted by molar-refractivity contribution is 9.10. The Morgan fingerprint density at radius 3 is 2.39 bits per heavy atom. The molecule has 1 unspecified atom stereocenters. The smallest absolute Gasteiger partial charge is 0.343 e. The van der Waals surface area contributed by atoms with Crippen molar-refractivity contribution in [3.05, 3.63) is 58.1 Å². The van der Waals surface area contributed by atoms with Crippen molar-refractivity contribution in [3.63, 3.8) is 0 Å². The Bertz CT molecular complexity index is 665. The van der Waals surface area contributed by atoms with Crippen LogP contribution in [-0.4, -0.2) is 12.6 Å². The summed E-state index contributed by atoms with van der Waals surface area (Å²) in [7, 11) is 0. The molecule has 0 spiro atoms. The fraction of sp³-hybridized carbons (Fsp3) is 0.316. The van der Waals surface area contributed by atoms with E-state index in [-0.39, 0.29) is 5.97 Å². The number of esters is 1. The highest BCUT2D eigenvalue weighted by atomic mass is 79.9. The minimum Gasteiger partial charge on any atom is -0.494 e. The third kappa shape index (κ3) is 4.58. The minimum atomic E-state index is -0.384. The van der Waals surface area contributed by atoms with Crippen LogP contribution in [0, 0.1) is 0 Å². The number of ether oxygens (including phenoxy) is 2. The van der Waals surface area contributed by atoms with Gasteiger partial charge in [-0.25, -0.2) is 4.79 Å². The van der Waals surface area contributed by atoms with Gasteiger partial charge in [-0.1, -0.05) is 19.9 Å². The molecule has 0 N–H and O–H groups in total. The third-order valence-electron chi connectivity index (χ3n) is 3.74. The van der Waals surface area contributed by atoms with E-state index < -0.39 is 0 Å². The number of benzene rings is 2. The Kier molecular flexibility index (Phi) is 6.22. The quantitative estimate of drug-likeness (QED) is 0.487. The zero-order chi connectivity index (χ0) is 16.8. The molecule has 122 valence electrons. The first-order valence-corrected chi connectivity index (χ1v) is 8.59. The van der Waals surface area contributed by atoms with Gasteiger partial charge in [0.2, 0.25) is 0 Å². The van der Waals surface area contributed by atoms with E-state index in [1.807, 2.05) is 25.1 Å². The van der Waals surface area contributed by atoms with Crippen LogP contribution in [-0.2, 0) is 0 Å². The second kappa shape index (κ2) is 8.16. The summed E-state index contributed by atoms with van der Waals surface area (Å²) in [6, 6.07) is 12.8. The zero-order valence-corrected chi connectivity index (χ0v) is 15.2. The summed E-state index contributed by atoms with van der Waals surface area (Å²) in [4.78, 5) is 12.2. The Morgan fingerprint density at radius 1 is 1.13 bits per heavy atom. The van der Waals surface area contributed by atoms with Crippen molar-refractivity contribution in [2.75, 3.05) is 6.61 Å². The molecule has 4 heteroatoms. The molecule has 3 nitrogen and oxygen atoms in total. The molecule has 0 bridgehead atoms. The second-order valence-corrected chi connectivity index (χ2v) is 6.20. The lowest BCUT2D eigenvalue weighted by atomic mass is 9.99. The summed E-state index contributed by atoms with van der Waals surface area (Å²) in [5, 5.41) is 0. The molecule has 0 heterocycles. The first-order valence-electron chi connectivity index (χ1n) is 7.79. The van der Waals surface area contributed by atoms with Crippen LogP contribution in [0.1, 0.15) is 49.0 Å². The van der Waals surface area contributed by atoms with E-state index >= 15 is 0 Å². The zero-order valence-electron chi connectivity index (χ0n) is 13.6. The maximum atomic E-state index is 12.2. The van der Waals surface area contributed by atoms with Crippen molar-refractivity contribution in [1.82, 2.24) is 0 Å². The molecule has 0 saturated carbocycles. The largest absolute Gasteiger partial charge is 0.494 e. The lowest BCUT2D eigenvalue weighted by molar-refractivity contribution is 0.0733. The first-order chi connectivity index (χ1) is 11.0. The van der Waals surface area contributed by atoms with Crippen LogP contribution in [0.25, 0.3) is 0 Å². The van der Waals surface area contributed by atoms with Crippen LogP contribution in [0.15, 0.2) is 46.9 Å². The topological polar surface area (TPSA) is 35.5 Å². The summed E-state index contributed by atoms with van der Waals surface area (Å²) in [6.07, 6.45) is 1.07. The van der Waals surface area contributed by atoms with Gasteiger partial charge in [0.1, 0.15) is 11.5 Å². The lowest BCUT2D eigenvalue weighted by Gasteiger charge is -2.12. The maximum Gasteiger partial charge on any atom is 0.343 e. The predicted molar refractivity (Wildman–Crippen MR) is 95.4 cm³/mol. The van der Waals surface area contributed by atoms with E-state index in [0.29, 0.717) is 23.8 Å². The van der Waals surface area contributed by atoms with Crippen LogP contribution in [0.4, 0.5) is 0 Å². The average Bonchev–Trinajstić information content (AvgIpc) is 2.56. The molecule has 0 aromatic heterocycles. The second-order valence-electron chi connectivity index (χ2n) is 5.35. The van der Waals surface area contributed by atoms with Gasteiger partial charge in [-0.3, -0.25) is 0 Å². The van der Waals surface area contributed by atoms with Gasteiger partial charge in [0, 0.05) is 0 Å². The van der Waals surface area contributed by atoms with Crippen molar-refractivity contribution in [2.45, 2.75) is 33.1 Å². The number of hydrogen-bond acceptors (Lipinski definition) is 3. The van der Waals surface area contributed by atoms with Gasteiger partial charge in [0.05, 0.1) is 16.6 Å². The summed E-state index contributed by atoms with van der Waals surface area (Å²) >= 11 is 3.48. The standard InChI is InChI=1S/C19H21BrO3/c1-4-13(3)15-8-11-18(17(20)12-15)23-19(21)14-6-9-16(10-7-14)22-5-2/h6-13H,4-5H2,1-3H3. The molecule has 0 amide bonds. The predicted octanol–water partition coefficient (Wildman–Crippen LogP) is 5.58. The van der Waals surface area contributed by atoms with Crippen LogP contribution < -0.4 is 9.47 Å². The molecule has 0 aliphatic carbocycles. The van der Waals surface area contributed by atoms with Gasteiger partial charge in [-0.2, -0.15) is 0 Å². The fourth-order valence-electron chi connectivity index (χ4n) is 2.15. The molecule has 2 aromatic carbocycles. The molecule has 23 heavy (non-hydrogen) atoms. The van der Waals surface area contributed by atoms with Crippen molar-refractivity contribution < 1.29 is 14.3 Å². The van der Waals surface area contributed by atoms with E-state index in [4.69, 9.17) is 9.47 Å². The molecular weight excluding hydrogens is 356 g/mol. The fourth-order valence-corrected chi connectivity index (χ4v) is 2.63. The SMILES string of the molecule is CCOc1ccc(C(=O)Oc2ccc(C(C)CC)cc2Br)cc1. The molecule has 0 fully saturated rings. The van der Waals surface area contributed by atoms with Crippen LogP contribution in [0.3, 0.4) is 0 Å². The van der Waals surface area contributed by atoms with Crippen molar-refractivity contribution in [3.8, 4) is 11.5 Å². The van der Waals surface area contributed by atoms with E-state index in [1.165, 1.54) is 5.56 Å². The summed E-state index contributed by atoms with van der Waals surface area (Å²) in [5.74, 6) is 1.35. The molecule has 0 radical (unpaired) electrons. The van der Waals surface area contributed by atoms with E-state index in [1.54, 1.807) is 24.3 Å². The van der Waals surface area contributed by atoms with Gasteiger partial charge in [-0.05, 0) is 77.2 Å². The van der Waals surface area contributed by atoms with E-state index in [2.05, 4.69) is 29.8 Å². The molecule has 0 saturated heterocycles. The Hall–Kier alpha value is -1.81. The first kappa shape index (κ1) is 17.5. The molecule has 0 aliphatic rings. The molecule has 2 aromatic rings. The molecule has 0 aliphatic heterocycles. The van der Waals surface area contributed by atoms with Crippen molar-refractivity contribution in [2.24, 2.45) is 0 Å². The van der Waals surface area contributed by atoms with E-state index in [9.17, 15) is 4.79 Å². The van der Waals surface area contributed by atoms with Crippen molar-refractivity contribution in [1.29, 1.82) is 0 Å². The number of carbonyl (C=O) groups is 1. The van der Waals surface area contributed by atoms with Crippen molar-refractivity contribution >= 4 is 21.9 Å². The lowest BCUT2D eigenvalue weighted by Crippen LogP contribution is -2.09. The monoisotopic (exact) mass is 376 g/mol. The molecule has 1 atom stereocenters. The summed E-state index contributed by atoms with van der Waals surface area (Å²) < 4.78 is 11.6. The van der Waals surface area contributed by atoms with Gasteiger partial charge in [0.15, 0.2) is 0 Å². The number of carbonyl (C=O) groups excluding carboxylic acids is 1. The van der Waals surface area contributed by atoms with Crippen LogP contribution >= 0.6 is 15.9 Å². The van der Waals surface area contributed by atoms with Crippen LogP contribution in [0.5, 0.6) is 11.5 Å². The molecule has 2 rings (SSSR count). The maximum absolute atomic E-state index is 12.2. The third-order valence-corrected chi connectivity index (χ3v) is 4.36. The Morgan fingerprint density at radius 2 is 1.83 bits per heavy atom. The average molecular weight is 377 g/mol. The number of hydrogen-bond donors (Lipinski definition) is 0. The Labute approximate surface area is 145 Å².